The average molecular weight is 330 g/mol. The van der Waals surface area contributed by atoms with E-state index in [0.29, 0.717) is 36.2 Å². The summed E-state index contributed by atoms with van der Waals surface area (Å²) >= 11 is 0. The summed E-state index contributed by atoms with van der Waals surface area (Å²) < 4.78 is 19.1. The van der Waals surface area contributed by atoms with E-state index in [1.165, 1.54) is 12.1 Å². The lowest BCUT2D eigenvalue weighted by molar-refractivity contribution is 0.102. The Morgan fingerprint density at radius 3 is 2.42 bits per heavy atom. The molecular formula is C17H19FN4O2. The third-order valence-electron chi connectivity index (χ3n) is 3.91. The first kappa shape index (κ1) is 16.3. The Balaban J connectivity index is 1.83. The zero-order chi connectivity index (χ0) is 17.1. The Hall–Kier alpha value is -2.54. The highest BCUT2D eigenvalue weighted by atomic mass is 19.1. The van der Waals surface area contributed by atoms with Gasteiger partial charge >= 0.3 is 0 Å². The van der Waals surface area contributed by atoms with E-state index in [9.17, 15) is 9.18 Å². The van der Waals surface area contributed by atoms with Gasteiger partial charge in [-0.15, -0.1) is 0 Å². The molecule has 1 aromatic carbocycles. The molecule has 0 saturated carbocycles. The second-order valence-electron chi connectivity index (χ2n) is 5.60. The molecule has 2 aromatic rings. The lowest BCUT2D eigenvalue weighted by Gasteiger charge is -2.27. The number of morpholine rings is 1. The Bertz CT molecular complexity index is 737. The molecule has 0 spiro atoms. The summed E-state index contributed by atoms with van der Waals surface area (Å²) in [5, 5.41) is 2.72. The van der Waals surface area contributed by atoms with E-state index in [-0.39, 0.29) is 5.56 Å². The number of anilines is 2. The van der Waals surface area contributed by atoms with Crippen LogP contribution in [0, 0.1) is 19.7 Å². The standard InChI is InChI=1S/C17H19FN4O2/c1-11-15(21-16(23)13-5-3-4-6-14(13)18)12(2)20-17(19-11)22-7-9-24-10-8-22/h3-6H,7-10H2,1-2H3,(H,21,23). The maximum absolute atomic E-state index is 13.7. The number of nitrogens with one attached hydrogen (secondary N) is 1. The van der Waals surface area contributed by atoms with E-state index in [1.54, 1.807) is 26.0 Å². The summed E-state index contributed by atoms with van der Waals surface area (Å²) in [5.41, 5.74) is 1.80. The topological polar surface area (TPSA) is 67.3 Å². The summed E-state index contributed by atoms with van der Waals surface area (Å²) in [4.78, 5) is 23.3. The van der Waals surface area contributed by atoms with Crippen molar-refractivity contribution in [3.63, 3.8) is 0 Å². The molecule has 0 atom stereocenters. The van der Waals surface area contributed by atoms with Gasteiger partial charge in [0.15, 0.2) is 0 Å². The first-order valence-corrected chi connectivity index (χ1v) is 7.80. The highest BCUT2D eigenvalue weighted by Gasteiger charge is 2.19. The van der Waals surface area contributed by atoms with Gasteiger partial charge < -0.3 is 15.0 Å². The van der Waals surface area contributed by atoms with Crippen LogP contribution in [0.2, 0.25) is 0 Å². The van der Waals surface area contributed by atoms with Crippen LogP contribution in [0.1, 0.15) is 21.7 Å². The number of benzene rings is 1. The lowest BCUT2D eigenvalue weighted by Crippen LogP contribution is -2.37. The number of nitrogens with zero attached hydrogens (tertiary/aromatic N) is 3. The normalized spacial score (nSPS) is 14.5. The predicted molar refractivity (Wildman–Crippen MR) is 88.9 cm³/mol. The molecule has 0 unspecified atom stereocenters. The summed E-state index contributed by atoms with van der Waals surface area (Å²) in [6.45, 7) is 6.37. The zero-order valence-corrected chi connectivity index (χ0v) is 13.7. The number of amides is 1. The van der Waals surface area contributed by atoms with Gasteiger partial charge in [-0.1, -0.05) is 12.1 Å². The van der Waals surface area contributed by atoms with E-state index >= 15 is 0 Å². The second kappa shape index (κ2) is 6.92. The highest BCUT2D eigenvalue weighted by Crippen LogP contribution is 2.22. The van der Waals surface area contributed by atoms with Crippen LogP contribution in [0.5, 0.6) is 0 Å². The van der Waals surface area contributed by atoms with E-state index in [2.05, 4.69) is 15.3 Å². The number of halogens is 1. The van der Waals surface area contributed by atoms with Gasteiger partial charge in [0.1, 0.15) is 5.82 Å². The van der Waals surface area contributed by atoms with Crippen molar-refractivity contribution in [3.05, 3.63) is 47.0 Å². The highest BCUT2D eigenvalue weighted by molar-refractivity contribution is 6.05. The largest absolute Gasteiger partial charge is 0.378 e. The van der Waals surface area contributed by atoms with Crippen molar-refractivity contribution < 1.29 is 13.9 Å². The molecule has 7 heteroatoms. The fourth-order valence-electron chi connectivity index (χ4n) is 2.61. The van der Waals surface area contributed by atoms with E-state index in [4.69, 9.17) is 4.74 Å². The van der Waals surface area contributed by atoms with Gasteiger partial charge in [0.05, 0.1) is 35.9 Å². The number of carbonyl (C=O) groups excluding carboxylic acids is 1. The Morgan fingerprint density at radius 2 is 1.79 bits per heavy atom. The molecule has 1 amide bonds. The van der Waals surface area contributed by atoms with Crippen LogP contribution in [0.3, 0.4) is 0 Å². The van der Waals surface area contributed by atoms with Crippen LogP contribution in [-0.4, -0.2) is 42.2 Å². The number of aromatic nitrogens is 2. The molecule has 1 fully saturated rings. The molecule has 0 radical (unpaired) electrons. The Morgan fingerprint density at radius 1 is 1.17 bits per heavy atom. The van der Waals surface area contributed by atoms with Crippen LogP contribution in [0.15, 0.2) is 24.3 Å². The van der Waals surface area contributed by atoms with Crippen molar-refractivity contribution in [2.45, 2.75) is 13.8 Å². The minimum absolute atomic E-state index is 0.00597. The minimum Gasteiger partial charge on any atom is -0.378 e. The van der Waals surface area contributed by atoms with Gasteiger partial charge in [-0.3, -0.25) is 4.79 Å². The van der Waals surface area contributed by atoms with Crippen LogP contribution >= 0.6 is 0 Å². The molecule has 2 heterocycles. The zero-order valence-electron chi connectivity index (χ0n) is 13.7. The van der Waals surface area contributed by atoms with Crippen LogP contribution in [-0.2, 0) is 4.74 Å². The fraction of sp³-hybridized carbons (Fsp3) is 0.353. The number of hydrogen-bond donors (Lipinski definition) is 1. The fourth-order valence-corrected chi connectivity index (χ4v) is 2.61. The maximum atomic E-state index is 13.7. The number of hydrogen-bond acceptors (Lipinski definition) is 5. The van der Waals surface area contributed by atoms with Crippen molar-refractivity contribution >= 4 is 17.5 Å². The number of carbonyl (C=O) groups is 1. The van der Waals surface area contributed by atoms with Crippen molar-refractivity contribution in [3.8, 4) is 0 Å². The molecule has 0 bridgehead atoms. The average Bonchev–Trinajstić information content (AvgIpc) is 2.59. The summed E-state index contributed by atoms with van der Waals surface area (Å²) in [6.07, 6.45) is 0. The molecule has 24 heavy (non-hydrogen) atoms. The number of ether oxygens (including phenoxy) is 1. The molecule has 1 aliphatic heterocycles. The van der Waals surface area contributed by atoms with Crippen LogP contribution in [0.25, 0.3) is 0 Å². The first-order valence-electron chi connectivity index (χ1n) is 7.80. The van der Waals surface area contributed by atoms with Crippen molar-refractivity contribution in [1.29, 1.82) is 0 Å². The molecule has 3 rings (SSSR count). The monoisotopic (exact) mass is 330 g/mol. The summed E-state index contributed by atoms with van der Waals surface area (Å²) in [6, 6.07) is 5.86. The number of rotatable bonds is 3. The van der Waals surface area contributed by atoms with Gasteiger partial charge in [0, 0.05) is 13.1 Å². The Labute approximate surface area is 139 Å². The molecule has 1 aliphatic rings. The quantitative estimate of drug-likeness (QED) is 0.935. The number of aryl methyl sites for hydroxylation is 2. The maximum Gasteiger partial charge on any atom is 0.258 e. The van der Waals surface area contributed by atoms with Gasteiger partial charge in [0.25, 0.3) is 5.91 Å². The third kappa shape index (κ3) is 3.35. The molecular weight excluding hydrogens is 311 g/mol. The molecule has 126 valence electrons. The van der Waals surface area contributed by atoms with E-state index < -0.39 is 11.7 Å². The second-order valence-corrected chi connectivity index (χ2v) is 5.60. The third-order valence-corrected chi connectivity index (χ3v) is 3.91. The van der Waals surface area contributed by atoms with Gasteiger partial charge in [-0.25, -0.2) is 14.4 Å². The molecule has 0 aliphatic carbocycles. The lowest BCUT2D eigenvalue weighted by atomic mass is 10.2. The van der Waals surface area contributed by atoms with Crippen molar-refractivity contribution in [1.82, 2.24) is 9.97 Å². The van der Waals surface area contributed by atoms with Crippen LogP contribution in [0.4, 0.5) is 16.0 Å². The van der Waals surface area contributed by atoms with E-state index in [1.807, 2.05) is 4.90 Å². The van der Waals surface area contributed by atoms with Crippen molar-refractivity contribution in [2.24, 2.45) is 0 Å². The predicted octanol–water partition coefficient (Wildman–Crippen LogP) is 2.32. The van der Waals surface area contributed by atoms with Crippen LogP contribution < -0.4 is 10.2 Å². The summed E-state index contributed by atoms with van der Waals surface area (Å²) in [7, 11) is 0. The van der Waals surface area contributed by atoms with Gasteiger partial charge in [-0.2, -0.15) is 0 Å². The molecule has 6 nitrogen and oxygen atoms in total. The minimum atomic E-state index is -0.559. The summed E-state index contributed by atoms with van der Waals surface area (Å²) in [5.74, 6) is -0.449. The van der Waals surface area contributed by atoms with Gasteiger partial charge in [-0.05, 0) is 26.0 Å². The first-order chi connectivity index (χ1) is 11.6. The van der Waals surface area contributed by atoms with Gasteiger partial charge in [0.2, 0.25) is 5.95 Å². The Kier molecular flexibility index (Phi) is 4.71. The smallest absolute Gasteiger partial charge is 0.258 e. The molecule has 1 aromatic heterocycles. The van der Waals surface area contributed by atoms with Crippen molar-refractivity contribution in [2.75, 3.05) is 36.5 Å². The molecule has 1 saturated heterocycles. The molecule has 1 N–H and O–H groups in total. The van der Waals surface area contributed by atoms with E-state index in [0.717, 1.165) is 13.1 Å². The SMILES string of the molecule is Cc1nc(N2CCOCC2)nc(C)c1NC(=O)c1ccccc1F.